The summed E-state index contributed by atoms with van der Waals surface area (Å²) in [5, 5.41) is 12.8. The first kappa shape index (κ1) is 12.5. The van der Waals surface area contributed by atoms with Gasteiger partial charge in [-0.3, -0.25) is 4.79 Å². The molecule has 1 rings (SSSR count). The second-order valence-electron chi connectivity index (χ2n) is 4.53. The Kier molecular flexibility index (Phi) is 5.05. The van der Waals surface area contributed by atoms with Crippen LogP contribution in [-0.4, -0.2) is 49.2 Å². The van der Waals surface area contributed by atoms with Gasteiger partial charge in [0.2, 0.25) is 5.91 Å². The zero-order valence-corrected chi connectivity index (χ0v) is 9.70. The van der Waals surface area contributed by atoms with E-state index in [1.54, 1.807) is 19.0 Å². The molecule has 0 spiro atoms. The minimum atomic E-state index is -0.180. The summed E-state index contributed by atoms with van der Waals surface area (Å²) in [6, 6.07) is 0. The van der Waals surface area contributed by atoms with E-state index in [0.29, 0.717) is 12.5 Å². The number of aliphatic hydroxyl groups excluding tert-OH is 1. The predicted octanol–water partition coefficient (Wildman–Crippen LogP) is 0.215. The predicted molar refractivity (Wildman–Crippen MR) is 59.5 cm³/mol. The number of likely N-dealkylation sites (N-methyl/N-ethyl adjacent to an activating group) is 1. The Balaban J connectivity index is 2.16. The van der Waals surface area contributed by atoms with E-state index in [4.69, 9.17) is 0 Å². The zero-order valence-electron chi connectivity index (χ0n) is 9.70. The van der Waals surface area contributed by atoms with E-state index in [1.165, 1.54) is 6.42 Å². The van der Waals surface area contributed by atoms with Gasteiger partial charge >= 0.3 is 0 Å². The molecule has 0 radical (unpaired) electrons. The molecular weight excluding hydrogens is 192 g/mol. The topological polar surface area (TPSA) is 52.6 Å². The third-order valence-corrected chi connectivity index (χ3v) is 3.05. The van der Waals surface area contributed by atoms with Crippen LogP contribution in [0.15, 0.2) is 0 Å². The molecule has 0 aromatic rings. The van der Waals surface area contributed by atoms with Crippen LogP contribution in [0, 0.1) is 5.92 Å². The average Bonchev–Trinajstić information content (AvgIpc) is 2.20. The first-order valence-electron chi connectivity index (χ1n) is 5.70. The summed E-state index contributed by atoms with van der Waals surface area (Å²) < 4.78 is 0. The number of hydrogen-bond acceptors (Lipinski definition) is 3. The van der Waals surface area contributed by atoms with Gasteiger partial charge in [-0.05, 0) is 18.8 Å². The summed E-state index contributed by atoms with van der Waals surface area (Å²) in [6.07, 6.45) is 4.14. The van der Waals surface area contributed by atoms with Crippen molar-refractivity contribution in [3.63, 3.8) is 0 Å². The van der Waals surface area contributed by atoms with Gasteiger partial charge in [-0.1, -0.05) is 12.8 Å². The van der Waals surface area contributed by atoms with Crippen LogP contribution in [0.25, 0.3) is 0 Å². The number of nitrogens with one attached hydrogen (secondary N) is 1. The van der Waals surface area contributed by atoms with Gasteiger partial charge < -0.3 is 15.3 Å². The Hall–Kier alpha value is -0.610. The third kappa shape index (κ3) is 4.18. The number of aliphatic hydroxyl groups is 1. The monoisotopic (exact) mass is 214 g/mol. The minimum absolute atomic E-state index is 0.0836. The summed E-state index contributed by atoms with van der Waals surface area (Å²) in [5.74, 6) is 0.411. The van der Waals surface area contributed by atoms with E-state index in [1.807, 2.05) is 0 Å². The molecule has 4 heteroatoms. The lowest BCUT2D eigenvalue weighted by atomic mass is 9.86. The molecule has 2 N–H and O–H groups in total. The van der Waals surface area contributed by atoms with Gasteiger partial charge in [-0.15, -0.1) is 0 Å². The summed E-state index contributed by atoms with van der Waals surface area (Å²) in [7, 11) is 3.50. The maximum atomic E-state index is 11.3. The van der Waals surface area contributed by atoms with Gasteiger partial charge in [0, 0.05) is 20.6 Å². The molecule has 1 aliphatic carbocycles. The SMILES string of the molecule is CN(C)C(=O)CNCC1CCCCC1O. The second kappa shape index (κ2) is 6.08. The fourth-order valence-corrected chi connectivity index (χ4v) is 1.95. The van der Waals surface area contributed by atoms with Crippen molar-refractivity contribution in [2.75, 3.05) is 27.2 Å². The lowest BCUT2D eigenvalue weighted by Gasteiger charge is -2.27. The van der Waals surface area contributed by atoms with Crippen molar-refractivity contribution in [3.05, 3.63) is 0 Å². The van der Waals surface area contributed by atoms with Gasteiger partial charge in [0.15, 0.2) is 0 Å². The maximum absolute atomic E-state index is 11.3. The number of carbonyl (C=O) groups is 1. The van der Waals surface area contributed by atoms with Crippen molar-refractivity contribution in [3.8, 4) is 0 Å². The summed E-state index contributed by atoms with van der Waals surface area (Å²) in [4.78, 5) is 12.8. The molecule has 4 nitrogen and oxygen atoms in total. The summed E-state index contributed by atoms with van der Waals surface area (Å²) in [6.45, 7) is 1.12. The molecular formula is C11H22N2O2. The number of rotatable bonds is 4. The molecule has 1 aliphatic rings. The number of hydrogen-bond donors (Lipinski definition) is 2. The molecule has 1 saturated carbocycles. The molecule has 1 amide bonds. The van der Waals surface area contributed by atoms with Crippen molar-refractivity contribution in [1.29, 1.82) is 0 Å². The zero-order chi connectivity index (χ0) is 11.3. The van der Waals surface area contributed by atoms with Crippen LogP contribution in [0.5, 0.6) is 0 Å². The van der Waals surface area contributed by atoms with E-state index < -0.39 is 0 Å². The van der Waals surface area contributed by atoms with E-state index in [-0.39, 0.29) is 12.0 Å². The number of carbonyl (C=O) groups excluding carboxylic acids is 1. The Labute approximate surface area is 91.6 Å². The van der Waals surface area contributed by atoms with Gasteiger partial charge in [0.1, 0.15) is 0 Å². The lowest BCUT2D eigenvalue weighted by molar-refractivity contribution is -0.127. The fourth-order valence-electron chi connectivity index (χ4n) is 1.95. The Bertz CT molecular complexity index is 207. The van der Waals surface area contributed by atoms with Crippen LogP contribution in [0.2, 0.25) is 0 Å². The van der Waals surface area contributed by atoms with Crippen LogP contribution >= 0.6 is 0 Å². The minimum Gasteiger partial charge on any atom is -0.393 e. The van der Waals surface area contributed by atoms with Crippen molar-refractivity contribution in [2.45, 2.75) is 31.8 Å². The molecule has 0 saturated heterocycles. The highest BCUT2D eigenvalue weighted by Crippen LogP contribution is 2.23. The molecule has 0 aromatic heterocycles. The van der Waals surface area contributed by atoms with Crippen LogP contribution in [0.4, 0.5) is 0 Å². The first-order chi connectivity index (χ1) is 7.11. The molecule has 2 unspecified atom stereocenters. The van der Waals surface area contributed by atoms with Crippen molar-refractivity contribution in [2.24, 2.45) is 5.92 Å². The van der Waals surface area contributed by atoms with Crippen molar-refractivity contribution in [1.82, 2.24) is 10.2 Å². The number of nitrogens with zero attached hydrogens (tertiary/aromatic N) is 1. The van der Waals surface area contributed by atoms with Crippen LogP contribution in [0.1, 0.15) is 25.7 Å². The van der Waals surface area contributed by atoms with E-state index in [9.17, 15) is 9.90 Å². The fraction of sp³-hybridized carbons (Fsp3) is 0.909. The standard InChI is InChI=1S/C11H22N2O2/c1-13(2)11(15)8-12-7-9-5-3-4-6-10(9)14/h9-10,12,14H,3-8H2,1-2H3. The first-order valence-corrected chi connectivity index (χ1v) is 5.70. The molecule has 0 aliphatic heterocycles. The van der Waals surface area contributed by atoms with E-state index in [2.05, 4.69) is 5.32 Å². The van der Waals surface area contributed by atoms with Gasteiger partial charge in [-0.25, -0.2) is 0 Å². The second-order valence-corrected chi connectivity index (χ2v) is 4.53. The highest BCUT2D eigenvalue weighted by Gasteiger charge is 2.22. The Morgan fingerprint density at radius 1 is 1.40 bits per heavy atom. The van der Waals surface area contributed by atoms with Crippen LogP contribution in [-0.2, 0) is 4.79 Å². The summed E-state index contributed by atoms with van der Waals surface area (Å²) in [5.41, 5.74) is 0. The molecule has 0 bridgehead atoms. The molecule has 1 fully saturated rings. The van der Waals surface area contributed by atoms with E-state index in [0.717, 1.165) is 25.8 Å². The van der Waals surface area contributed by atoms with E-state index >= 15 is 0 Å². The molecule has 2 atom stereocenters. The quantitative estimate of drug-likeness (QED) is 0.703. The molecule has 15 heavy (non-hydrogen) atoms. The molecule has 88 valence electrons. The third-order valence-electron chi connectivity index (χ3n) is 3.05. The van der Waals surface area contributed by atoms with Crippen LogP contribution < -0.4 is 5.32 Å². The number of amides is 1. The normalized spacial score (nSPS) is 26.3. The largest absolute Gasteiger partial charge is 0.393 e. The lowest BCUT2D eigenvalue weighted by Crippen LogP contribution is -2.39. The smallest absolute Gasteiger partial charge is 0.236 e. The summed E-state index contributed by atoms with van der Waals surface area (Å²) >= 11 is 0. The Morgan fingerprint density at radius 3 is 2.67 bits per heavy atom. The average molecular weight is 214 g/mol. The maximum Gasteiger partial charge on any atom is 0.236 e. The van der Waals surface area contributed by atoms with Gasteiger partial charge in [0.25, 0.3) is 0 Å². The van der Waals surface area contributed by atoms with Crippen LogP contribution in [0.3, 0.4) is 0 Å². The highest BCUT2D eigenvalue weighted by molar-refractivity contribution is 5.77. The molecule has 0 heterocycles. The Morgan fingerprint density at radius 2 is 2.07 bits per heavy atom. The van der Waals surface area contributed by atoms with Gasteiger partial charge in [-0.2, -0.15) is 0 Å². The molecule has 0 aromatic carbocycles. The van der Waals surface area contributed by atoms with Crippen molar-refractivity contribution < 1.29 is 9.90 Å². The van der Waals surface area contributed by atoms with Gasteiger partial charge in [0.05, 0.1) is 12.6 Å². The van der Waals surface area contributed by atoms with Crippen molar-refractivity contribution >= 4 is 5.91 Å². The highest BCUT2D eigenvalue weighted by atomic mass is 16.3.